The molecule has 1 spiro atoms. The smallest absolute Gasteiger partial charge is 0.124 e. The van der Waals surface area contributed by atoms with Crippen LogP contribution in [0.1, 0.15) is 41.9 Å². The monoisotopic (exact) mass is 334 g/mol. The van der Waals surface area contributed by atoms with Gasteiger partial charge in [-0.2, -0.15) is 5.26 Å². The van der Waals surface area contributed by atoms with Crippen molar-refractivity contribution in [2.75, 3.05) is 0 Å². The molecule has 0 amide bonds. The van der Waals surface area contributed by atoms with Crippen molar-refractivity contribution in [1.29, 1.82) is 5.26 Å². The van der Waals surface area contributed by atoms with Gasteiger partial charge in [0.05, 0.1) is 22.7 Å². The molecule has 1 fully saturated rings. The van der Waals surface area contributed by atoms with E-state index in [0.29, 0.717) is 5.56 Å². The van der Waals surface area contributed by atoms with E-state index in [-0.39, 0.29) is 17.2 Å². The summed E-state index contributed by atoms with van der Waals surface area (Å²) in [5.41, 5.74) is 3.03. The van der Waals surface area contributed by atoms with E-state index >= 15 is 0 Å². The van der Waals surface area contributed by atoms with Gasteiger partial charge < -0.3 is 0 Å². The molecule has 0 aromatic heterocycles. The lowest BCUT2D eigenvalue weighted by atomic mass is 9.65. The molecule has 0 N–H and O–H groups in total. The van der Waals surface area contributed by atoms with E-state index < -0.39 is 0 Å². The van der Waals surface area contributed by atoms with Crippen molar-refractivity contribution in [1.82, 2.24) is 0 Å². The second kappa shape index (κ2) is 5.61. The summed E-state index contributed by atoms with van der Waals surface area (Å²) in [5, 5.41) is 9.10. The minimum Gasteiger partial charge on any atom is -0.260 e. The Kier molecular flexibility index (Phi) is 3.54. The Balaban J connectivity index is 1.76. The first-order valence-corrected chi connectivity index (χ1v) is 8.42. The maximum Gasteiger partial charge on any atom is 0.124 e. The van der Waals surface area contributed by atoms with Crippen LogP contribution in [-0.2, 0) is 5.41 Å². The van der Waals surface area contributed by atoms with E-state index in [1.54, 1.807) is 12.1 Å². The quantitative estimate of drug-likeness (QED) is 0.689. The number of hydrogen-bond acceptors (Lipinski definition) is 3. The average Bonchev–Trinajstić information content (AvgIpc) is 2.96. The van der Waals surface area contributed by atoms with Crippen molar-refractivity contribution in [2.24, 2.45) is 4.99 Å². The third kappa shape index (κ3) is 2.28. The van der Waals surface area contributed by atoms with Gasteiger partial charge in [0.25, 0.3) is 0 Å². The first kappa shape index (κ1) is 15.2. The van der Waals surface area contributed by atoms with Crippen LogP contribution in [0.25, 0.3) is 0 Å². The molecule has 118 valence electrons. The third-order valence-electron chi connectivity index (χ3n) is 5.12. The summed E-state index contributed by atoms with van der Waals surface area (Å²) in [4.78, 5) is 5.57. The van der Waals surface area contributed by atoms with Gasteiger partial charge >= 0.3 is 0 Å². The number of nitrogens with zero attached hydrogens (tertiary/aromatic N) is 2. The van der Waals surface area contributed by atoms with Crippen LogP contribution in [0.3, 0.4) is 0 Å². The van der Waals surface area contributed by atoms with Gasteiger partial charge in [0.15, 0.2) is 0 Å². The molecule has 0 radical (unpaired) electrons. The van der Waals surface area contributed by atoms with Crippen LogP contribution in [0.15, 0.2) is 47.5 Å². The average molecular weight is 334 g/mol. The fraction of sp³-hybridized carbons (Fsp3) is 0.250. The lowest BCUT2D eigenvalue weighted by molar-refractivity contribution is 0.495. The van der Waals surface area contributed by atoms with Crippen LogP contribution in [0.4, 0.5) is 10.1 Å². The number of fused-ring (bicyclic) bond motifs is 2. The molecule has 2 aromatic rings. The zero-order valence-electron chi connectivity index (χ0n) is 13.0. The Morgan fingerprint density at radius 1 is 1.25 bits per heavy atom. The van der Waals surface area contributed by atoms with Crippen molar-refractivity contribution in [3.8, 4) is 6.07 Å². The molecule has 4 heteroatoms. The molecular weight excluding hydrogens is 319 g/mol. The van der Waals surface area contributed by atoms with Gasteiger partial charge in [0, 0.05) is 11.1 Å². The Morgan fingerprint density at radius 2 is 2.08 bits per heavy atom. The van der Waals surface area contributed by atoms with Gasteiger partial charge in [0.2, 0.25) is 0 Å². The van der Waals surface area contributed by atoms with Gasteiger partial charge in [-0.1, -0.05) is 30.4 Å². The highest BCUT2D eigenvalue weighted by Gasteiger charge is 2.44. The fourth-order valence-corrected chi connectivity index (χ4v) is 4.29. The summed E-state index contributed by atoms with van der Waals surface area (Å²) in [6, 6.07) is 14.7. The summed E-state index contributed by atoms with van der Waals surface area (Å²) in [6.07, 6.45) is 4.43. The van der Waals surface area contributed by atoms with Gasteiger partial charge in [0.1, 0.15) is 5.82 Å². The number of hydrogen-bond donors (Lipinski definition) is 0. The fourth-order valence-electron chi connectivity index (χ4n) is 3.93. The van der Waals surface area contributed by atoms with Gasteiger partial charge in [-0.05, 0) is 60.6 Å². The maximum absolute atomic E-state index is 13.9. The van der Waals surface area contributed by atoms with E-state index in [9.17, 15) is 4.39 Å². The third-order valence-corrected chi connectivity index (χ3v) is 5.68. The maximum atomic E-state index is 13.9. The van der Waals surface area contributed by atoms with Crippen LogP contribution >= 0.6 is 12.2 Å². The van der Waals surface area contributed by atoms with Crippen molar-refractivity contribution >= 4 is 29.0 Å². The Morgan fingerprint density at radius 3 is 2.92 bits per heavy atom. The Hall–Kier alpha value is -2.38. The van der Waals surface area contributed by atoms with Crippen molar-refractivity contribution in [2.45, 2.75) is 30.6 Å². The molecule has 1 aliphatic heterocycles. The normalized spacial score (nSPS) is 24.8. The number of nitriles is 1. The minimum atomic E-state index is -0.355. The molecular formula is C20H15FN2S. The largest absolute Gasteiger partial charge is 0.260 e. The SMILES string of the molecule is N#Cc1cc(F)cc(C2CCC(=S)C3(C=Nc4ccccc43)C2)c1. The highest BCUT2D eigenvalue weighted by molar-refractivity contribution is 7.80. The molecule has 24 heavy (non-hydrogen) atoms. The summed E-state index contributed by atoms with van der Waals surface area (Å²) in [6.45, 7) is 0. The summed E-state index contributed by atoms with van der Waals surface area (Å²) in [7, 11) is 0. The predicted molar refractivity (Wildman–Crippen MR) is 96.6 cm³/mol. The molecule has 2 aromatic carbocycles. The molecule has 1 heterocycles. The van der Waals surface area contributed by atoms with Crippen molar-refractivity contribution < 1.29 is 4.39 Å². The number of thiocarbonyl (C=S) groups is 1. The number of para-hydroxylation sites is 1. The first-order valence-electron chi connectivity index (χ1n) is 8.01. The van der Waals surface area contributed by atoms with E-state index in [4.69, 9.17) is 17.5 Å². The lowest BCUT2D eigenvalue weighted by Gasteiger charge is -2.38. The van der Waals surface area contributed by atoms with Gasteiger partial charge in [-0.15, -0.1) is 0 Å². The molecule has 2 atom stereocenters. The van der Waals surface area contributed by atoms with Crippen LogP contribution in [-0.4, -0.2) is 11.1 Å². The minimum absolute atomic E-state index is 0.164. The molecule has 1 aliphatic carbocycles. The predicted octanol–water partition coefficient (Wildman–Crippen LogP) is 4.99. The Bertz CT molecular complexity index is 912. The van der Waals surface area contributed by atoms with E-state index in [1.165, 1.54) is 6.07 Å². The number of aliphatic imine (C=N–C) groups is 1. The second-order valence-electron chi connectivity index (χ2n) is 6.49. The van der Waals surface area contributed by atoms with Gasteiger partial charge in [-0.3, -0.25) is 4.99 Å². The molecule has 4 rings (SSSR count). The summed E-state index contributed by atoms with van der Waals surface area (Å²) < 4.78 is 13.9. The molecule has 2 unspecified atom stereocenters. The summed E-state index contributed by atoms with van der Waals surface area (Å²) >= 11 is 5.71. The van der Waals surface area contributed by atoms with Crippen LogP contribution in [0.5, 0.6) is 0 Å². The lowest BCUT2D eigenvalue weighted by Crippen LogP contribution is -2.40. The molecule has 2 aliphatic rings. The molecule has 1 saturated carbocycles. The van der Waals surface area contributed by atoms with E-state index in [1.807, 2.05) is 30.5 Å². The van der Waals surface area contributed by atoms with Crippen LogP contribution in [0.2, 0.25) is 0 Å². The van der Waals surface area contributed by atoms with Gasteiger partial charge in [-0.25, -0.2) is 4.39 Å². The van der Waals surface area contributed by atoms with Crippen molar-refractivity contribution in [3.05, 3.63) is 65.0 Å². The van der Waals surface area contributed by atoms with Crippen LogP contribution < -0.4 is 0 Å². The molecule has 2 nitrogen and oxygen atoms in total. The zero-order chi connectivity index (χ0) is 16.7. The van der Waals surface area contributed by atoms with E-state index in [2.05, 4.69) is 11.1 Å². The second-order valence-corrected chi connectivity index (χ2v) is 6.99. The number of halogens is 1. The molecule has 0 saturated heterocycles. The highest BCUT2D eigenvalue weighted by Crippen LogP contribution is 2.49. The summed E-state index contributed by atoms with van der Waals surface area (Å²) in [5.74, 6) is -0.191. The molecule has 0 bridgehead atoms. The van der Waals surface area contributed by atoms with Crippen LogP contribution in [0, 0.1) is 17.1 Å². The Labute approximate surface area is 145 Å². The topological polar surface area (TPSA) is 36.1 Å². The standard InChI is InChI=1S/C20H15FN2S/c21-16-8-13(11-22)7-15(9-16)14-5-6-19(24)20(10-14)12-23-18-4-2-1-3-17(18)20/h1-4,7-9,12,14H,5-6,10H2. The van der Waals surface area contributed by atoms with Crippen molar-refractivity contribution in [3.63, 3.8) is 0 Å². The zero-order valence-corrected chi connectivity index (χ0v) is 13.8. The number of benzene rings is 2. The van der Waals surface area contributed by atoms with E-state index in [0.717, 1.165) is 40.9 Å². The highest BCUT2D eigenvalue weighted by atomic mass is 32.1. The number of rotatable bonds is 1. The first-order chi connectivity index (χ1) is 11.6.